The highest BCUT2D eigenvalue weighted by Crippen LogP contribution is 2.14. The van der Waals surface area contributed by atoms with Gasteiger partial charge in [0.15, 0.2) is 0 Å². The van der Waals surface area contributed by atoms with Crippen LogP contribution in [0.5, 0.6) is 0 Å². The fraction of sp³-hybridized carbons (Fsp3) is 0.583. The highest BCUT2D eigenvalue weighted by atomic mass is 16.6. The molecular formula is C12H19N3O4. The van der Waals surface area contributed by atoms with E-state index in [1.54, 1.807) is 27.7 Å². The van der Waals surface area contributed by atoms with Crippen LogP contribution in [0.3, 0.4) is 0 Å². The van der Waals surface area contributed by atoms with E-state index in [4.69, 9.17) is 9.84 Å². The van der Waals surface area contributed by atoms with Crippen LogP contribution in [-0.2, 0) is 11.8 Å². The van der Waals surface area contributed by atoms with Gasteiger partial charge in [0.05, 0.1) is 11.7 Å². The molecule has 1 amide bonds. The molecule has 7 heteroatoms. The summed E-state index contributed by atoms with van der Waals surface area (Å²) < 4.78 is 6.37. The van der Waals surface area contributed by atoms with E-state index >= 15 is 0 Å². The second-order valence-electron chi connectivity index (χ2n) is 5.25. The Morgan fingerprint density at radius 2 is 2.05 bits per heavy atom. The standard InChI is InChI=1S/C12H19N3O4/c1-7(13-11(18)19-12(2,3)4)8-6-9(10(16)17)15(5)14-8/h6-7H,1-5H3,(H,13,18)(H,16,17). The molecule has 1 rings (SSSR count). The van der Waals surface area contributed by atoms with Crippen LogP contribution < -0.4 is 5.32 Å². The van der Waals surface area contributed by atoms with Crippen LogP contribution in [0.2, 0.25) is 0 Å². The van der Waals surface area contributed by atoms with Crippen LogP contribution in [0.1, 0.15) is 49.9 Å². The van der Waals surface area contributed by atoms with E-state index in [0.29, 0.717) is 5.69 Å². The van der Waals surface area contributed by atoms with Crippen molar-refractivity contribution in [2.75, 3.05) is 0 Å². The lowest BCUT2D eigenvalue weighted by Gasteiger charge is -2.21. The number of carbonyl (C=O) groups is 2. The molecule has 1 unspecified atom stereocenters. The van der Waals surface area contributed by atoms with Gasteiger partial charge >= 0.3 is 12.1 Å². The number of ether oxygens (including phenoxy) is 1. The van der Waals surface area contributed by atoms with Crippen molar-refractivity contribution in [3.05, 3.63) is 17.5 Å². The first kappa shape index (κ1) is 15.0. The molecule has 1 aromatic heterocycles. The number of carbonyl (C=O) groups excluding carboxylic acids is 1. The number of rotatable bonds is 3. The van der Waals surface area contributed by atoms with Gasteiger partial charge < -0.3 is 15.2 Å². The van der Waals surface area contributed by atoms with Crippen molar-refractivity contribution < 1.29 is 19.4 Å². The number of carboxylic acid groups (broad SMARTS) is 1. The maximum atomic E-state index is 11.6. The van der Waals surface area contributed by atoms with Crippen molar-refractivity contribution >= 4 is 12.1 Å². The molecule has 7 nitrogen and oxygen atoms in total. The molecule has 0 radical (unpaired) electrons. The number of aromatic carboxylic acids is 1. The van der Waals surface area contributed by atoms with Gasteiger partial charge in [0.2, 0.25) is 0 Å². The molecule has 0 aliphatic carbocycles. The summed E-state index contributed by atoms with van der Waals surface area (Å²) in [7, 11) is 1.53. The Labute approximate surface area is 111 Å². The Balaban J connectivity index is 2.73. The average molecular weight is 269 g/mol. The molecule has 0 saturated heterocycles. The van der Waals surface area contributed by atoms with Crippen LogP contribution in [0.25, 0.3) is 0 Å². The lowest BCUT2D eigenvalue weighted by atomic mass is 10.2. The number of carboxylic acids is 1. The van der Waals surface area contributed by atoms with Gasteiger partial charge in [-0.3, -0.25) is 4.68 Å². The molecule has 0 bridgehead atoms. The lowest BCUT2D eigenvalue weighted by molar-refractivity contribution is 0.0506. The highest BCUT2D eigenvalue weighted by Gasteiger charge is 2.21. The van der Waals surface area contributed by atoms with Crippen LogP contribution in [0.4, 0.5) is 4.79 Å². The van der Waals surface area contributed by atoms with Crippen molar-refractivity contribution in [2.45, 2.75) is 39.3 Å². The van der Waals surface area contributed by atoms with Crippen molar-refractivity contribution in [1.82, 2.24) is 15.1 Å². The third-order valence-corrected chi connectivity index (χ3v) is 2.29. The number of hydrogen-bond acceptors (Lipinski definition) is 4. The molecule has 1 heterocycles. The van der Waals surface area contributed by atoms with Gasteiger partial charge in [0.1, 0.15) is 11.3 Å². The summed E-state index contributed by atoms with van der Waals surface area (Å²) in [5.74, 6) is -1.06. The summed E-state index contributed by atoms with van der Waals surface area (Å²) in [6, 6.07) is 0.985. The SMILES string of the molecule is CC(NC(=O)OC(C)(C)C)c1cc(C(=O)O)n(C)n1. The first-order chi connectivity index (χ1) is 8.60. The molecule has 0 fully saturated rings. The Bertz CT molecular complexity index is 488. The number of hydrogen-bond donors (Lipinski definition) is 2. The molecular weight excluding hydrogens is 250 g/mol. The zero-order chi connectivity index (χ0) is 14.8. The van der Waals surface area contributed by atoms with Crippen molar-refractivity contribution in [3.63, 3.8) is 0 Å². The van der Waals surface area contributed by atoms with Crippen LogP contribution in [-0.4, -0.2) is 32.6 Å². The van der Waals surface area contributed by atoms with Gasteiger partial charge in [-0.2, -0.15) is 5.10 Å². The van der Waals surface area contributed by atoms with E-state index in [0.717, 1.165) is 0 Å². The largest absolute Gasteiger partial charge is 0.477 e. The second kappa shape index (κ2) is 5.29. The predicted octanol–water partition coefficient (Wildman–Crippen LogP) is 1.70. The van der Waals surface area contributed by atoms with Gasteiger partial charge in [-0.05, 0) is 33.8 Å². The summed E-state index contributed by atoms with van der Waals surface area (Å²) >= 11 is 0. The first-order valence-corrected chi connectivity index (χ1v) is 5.87. The Kier molecular flexibility index (Phi) is 4.18. The summed E-state index contributed by atoms with van der Waals surface area (Å²) in [6.07, 6.45) is -0.567. The van der Waals surface area contributed by atoms with Crippen molar-refractivity contribution in [2.24, 2.45) is 7.05 Å². The molecule has 19 heavy (non-hydrogen) atoms. The average Bonchev–Trinajstić information content (AvgIpc) is 2.57. The minimum Gasteiger partial charge on any atom is -0.477 e. The van der Waals surface area contributed by atoms with Crippen LogP contribution >= 0.6 is 0 Å². The quantitative estimate of drug-likeness (QED) is 0.871. The summed E-state index contributed by atoms with van der Waals surface area (Å²) in [5.41, 5.74) is -0.0567. The van der Waals surface area contributed by atoms with Crippen LogP contribution in [0, 0.1) is 0 Å². The molecule has 106 valence electrons. The number of aromatic nitrogens is 2. The van der Waals surface area contributed by atoms with Crippen LogP contribution in [0.15, 0.2) is 6.07 Å². The first-order valence-electron chi connectivity index (χ1n) is 5.87. The second-order valence-corrected chi connectivity index (χ2v) is 5.25. The third-order valence-electron chi connectivity index (χ3n) is 2.29. The van der Waals surface area contributed by atoms with E-state index in [1.165, 1.54) is 17.8 Å². The summed E-state index contributed by atoms with van der Waals surface area (Å²) in [6.45, 7) is 7.00. The number of amides is 1. The van der Waals surface area contributed by atoms with Gasteiger partial charge in [-0.25, -0.2) is 9.59 Å². The van der Waals surface area contributed by atoms with Gasteiger partial charge in [-0.1, -0.05) is 0 Å². The zero-order valence-corrected chi connectivity index (χ0v) is 11.7. The third kappa shape index (κ3) is 4.27. The Hall–Kier alpha value is -2.05. The molecule has 0 aliphatic heterocycles. The number of alkyl carbamates (subject to hydrolysis) is 1. The summed E-state index contributed by atoms with van der Waals surface area (Å²) in [5, 5.41) is 15.6. The van der Waals surface area contributed by atoms with E-state index in [2.05, 4.69) is 10.4 Å². The number of nitrogens with zero attached hydrogens (tertiary/aromatic N) is 2. The topological polar surface area (TPSA) is 93.5 Å². The molecule has 2 N–H and O–H groups in total. The van der Waals surface area contributed by atoms with Gasteiger partial charge in [0, 0.05) is 7.05 Å². The highest BCUT2D eigenvalue weighted by molar-refractivity contribution is 5.85. The minimum atomic E-state index is -1.06. The smallest absolute Gasteiger partial charge is 0.408 e. The van der Waals surface area contributed by atoms with Gasteiger partial charge in [0.25, 0.3) is 0 Å². The Morgan fingerprint density at radius 1 is 1.47 bits per heavy atom. The number of nitrogens with one attached hydrogen (secondary N) is 1. The maximum Gasteiger partial charge on any atom is 0.408 e. The molecule has 0 saturated carbocycles. The molecule has 0 aromatic carbocycles. The molecule has 0 spiro atoms. The zero-order valence-electron chi connectivity index (χ0n) is 11.7. The van der Waals surface area contributed by atoms with E-state index in [9.17, 15) is 9.59 Å². The van der Waals surface area contributed by atoms with Crippen molar-refractivity contribution in [3.8, 4) is 0 Å². The molecule has 1 aromatic rings. The predicted molar refractivity (Wildman–Crippen MR) is 68.0 cm³/mol. The Morgan fingerprint density at radius 3 is 2.47 bits per heavy atom. The minimum absolute atomic E-state index is 0.0628. The maximum absolute atomic E-state index is 11.6. The fourth-order valence-corrected chi connectivity index (χ4v) is 1.46. The normalized spacial score (nSPS) is 12.9. The number of aryl methyl sites for hydroxylation is 1. The van der Waals surface area contributed by atoms with Crippen molar-refractivity contribution in [1.29, 1.82) is 0 Å². The molecule has 0 aliphatic rings. The van der Waals surface area contributed by atoms with Gasteiger partial charge in [-0.15, -0.1) is 0 Å². The lowest BCUT2D eigenvalue weighted by Crippen LogP contribution is -2.34. The van der Waals surface area contributed by atoms with E-state index < -0.39 is 23.7 Å². The summed E-state index contributed by atoms with van der Waals surface area (Å²) in [4.78, 5) is 22.5. The monoisotopic (exact) mass is 269 g/mol. The van der Waals surface area contributed by atoms with E-state index in [1.807, 2.05) is 0 Å². The fourth-order valence-electron chi connectivity index (χ4n) is 1.46. The molecule has 1 atom stereocenters. The van der Waals surface area contributed by atoms with E-state index in [-0.39, 0.29) is 5.69 Å².